The maximum Gasteiger partial charge on any atom is 0.191 e. The highest BCUT2D eigenvalue weighted by atomic mass is 32.2. The van der Waals surface area contributed by atoms with E-state index in [1.54, 1.807) is 11.8 Å². The quantitative estimate of drug-likeness (QED) is 0.344. The van der Waals surface area contributed by atoms with Gasteiger partial charge in [-0.3, -0.25) is 0 Å². The second-order valence-electron chi connectivity index (χ2n) is 6.91. The number of anilines is 1. The molecule has 0 spiro atoms. The molecule has 0 unspecified atom stereocenters. The number of benzene rings is 3. The maximum atomic E-state index is 8.97. The van der Waals surface area contributed by atoms with E-state index in [1.165, 1.54) is 5.56 Å². The zero-order valence-corrected chi connectivity index (χ0v) is 17.2. The predicted molar refractivity (Wildman–Crippen MR) is 121 cm³/mol. The van der Waals surface area contributed by atoms with Crippen LogP contribution in [0.3, 0.4) is 0 Å². The molecule has 0 amide bonds. The molecule has 148 valence electrons. The van der Waals surface area contributed by atoms with Gasteiger partial charge in [0.25, 0.3) is 0 Å². The molecular formula is C24H21N5S. The molecule has 0 saturated heterocycles. The largest absolute Gasteiger partial charge is 0.399 e. The summed E-state index contributed by atoms with van der Waals surface area (Å²) in [6.45, 7) is 0.784. The number of aryl methyl sites for hydroxylation is 1. The minimum atomic E-state index is 0.667. The number of thioether (sulfide) groups is 1. The van der Waals surface area contributed by atoms with Crippen molar-refractivity contribution in [3.8, 4) is 17.5 Å². The van der Waals surface area contributed by atoms with Crippen molar-refractivity contribution in [3.63, 3.8) is 0 Å². The van der Waals surface area contributed by atoms with Crippen molar-refractivity contribution in [1.29, 1.82) is 5.26 Å². The van der Waals surface area contributed by atoms with Crippen LogP contribution in [-0.2, 0) is 18.7 Å². The molecule has 2 N–H and O–H groups in total. The van der Waals surface area contributed by atoms with Crippen LogP contribution in [0.5, 0.6) is 0 Å². The molecule has 1 aromatic heterocycles. The molecule has 0 aliphatic rings. The van der Waals surface area contributed by atoms with Gasteiger partial charge in [0.15, 0.2) is 11.0 Å². The molecule has 0 bridgehead atoms. The van der Waals surface area contributed by atoms with Crippen molar-refractivity contribution in [1.82, 2.24) is 14.8 Å². The Morgan fingerprint density at radius 2 is 1.60 bits per heavy atom. The molecule has 0 atom stereocenters. The van der Waals surface area contributed by atoms with Crippen molar-refractivity contribution >= 4 is 17.4 Å². The lowest BCUT2D eigenvalue weighted by atomic mass is 10.1. The number of hydrogen-bond donors (Lipinski definition) is 1. The van der Waals surface area contributed by atoms with Crippen molar-refractivity contribution < 1.29 is 0 Å². The number of hydrogen-bond acceptors (Lipinski definition) is 5. The van der Waals surface area contributed by atoms with Crippen LogP contribution in [0.2, 0.25) is 0 Å². The smallest absolute Gasteiger partial charge is 0.191 e. The maximum absolute atomic E-state index is 8.97. The van der Waals surface area contributed by atoms with Crippen LogP contribution in [0.1, 0.15) is 16.7 Å². The average Bonchev–Trinajstić information content (AvgIpc) is 3.20. The van der Waals surface area contributed by atoms with E-state index in [0.29, 0.717) is 5.56 Å². The Balaban J connectivity index is 1.58. The van der Waals surface area contributed by atoms with Gasteiger partial charge in [-0.05, 0) is 53.9 Å². The fourth-order valence-corrected chi connectivity index (χ4v) is 4.07. The molecule has 4 aromatic rings. The van der Waals surface area contributed by atoms with Gasteiger partial charge in [0, 0.05) is 23.5 Å². The van der Waals surface area contributed by atoms with Crippen LogP contribution in [0, 0.1) is 11.3 Å². The first-order valence-electron chi connectivity index (χ1n) is 9.68. The van der Waals surface area contributed by atoms with E-state index in [1.807, 2.05) is 54.6 Å². The van der Waals surface area contributed by atoms with Crippen molar-refractivity contribution in [2.75, 3.05) is 5.73 Å². The lowest BCUT2D eigenvalue weighted by molar-refractivity contribution is 0.639. The summed E-state index contributed by atoms with van der Waals surface area (Å²) < 4.78 is 2.17. The van der Waals surface area contributed by atoms with Gasteiger partial charge in [0.1, 0.15) is 0 Å². The molecule has 0 aliphatic heterocycles. The van der Waals surface area contributed by atoms with Crippen LogP contribution in [0.25, 0.3) is 11.4 Å². The first-order valence-corrected chi connectivity index (χ1v) is 10.7. The predicted octanol–water partition coefficient (Wildman–Crippen LogP) is 4.93. The topological polar surface area (TPSA) is 80.5 Å². The molecule has 6 heteroatoms. The van der Waals surface area contributed by atoms with Crippen molar-refractivity contribution in [3.05, 3.63) is 95.6 Å². The number of rotatable bonds is 7. The highest BCUT2D eigenvalue weighted by molar-refractivity contribution is 7.98. The molecule has 0 fully saturated rings. The second-order valence-corrected chi connectivity index (χ2v) is 7.86. The summed E-state index contributed by atoms with van der Waals surface area (Å²) in [5.74, 6) is 1.60. The van der Waals surface area contributed by atoms with E-state index in [0.717, 1.165) is 46.5 Å². The number of aromatic nitrogens is 3. The number of nitrogens with zero attached hydrogens (tertiary/aromatic N) is 4. The number of nitriles is 1. The van der Waals surface area contributed by atoms with E-state index < -0.39 is 0 Å². The van der Waals surface area contributed by atoms with Gasteiger partial charge in [-0.25, -0.2) is 0 Å². The van der Waals surface area contributed by atoms with E-state index in [-0.39, 0.29) is 0 Å². The minimum Gasteiger partial charge on any atom is -0.399 e. The Hall–Kier alpha value is -3.56. The van der Waals surface area contributed by atoms with Crippen LogP contribution >= 0.6 is 11.8 Å². The summed E-state index contributed by atoms with van der Waals surface area (Å²) >= 11 is 1.65. The molecule has 0 radical (unpaired) electrons. The van der Waals surface area contributed by atoms with Gasteiger partial charge < -0.3 is 10.3 Å². The fourth-order valence-electron chi connectivity index (χ4n) is 3.15. The van der Waals surface area contributed by atoms with Crippen LogP contribution in [0.4, 0.5) is 5.69 Å². The summed E-state index contributed by atoms with van der Waals surface area (Å²) in [6, 6.07) is 27.9. The van der Waals surface area contributed by atoms with Gasteiger partial charge >= 0.3 is 0 Å². The molecule has 0 aliphatic carbocycles. The van der Waals surface area contributed by atoms with Gasteiger partial charge in [0.05, 0.1) is 11.6 Å². The second kappa shape index (κ2) is 9.29. The summed E-state index contributed by atoms with van der Waals surface area (Å²) in [7, 11) is 0. The molecule has 1 heterocycles. The van der Waals surface area contributed by atoms with Crippen LogP contribution < -0.4 is 5.73 Å². The summed E-state index contributed by atoms with van der Waals surface area (Å²) in [4.78, 5) is 0. The molecule has 0 saturated carbocycles. The number of nitrogens with two attached hydrogens (primary N) is 1. The lowest BCUT2D eigenvalue weighted by Gasteiger charge is -2.11. The third-order valence-electron chi connectivity index (χ3n) is 4.80. The van der Waals surface area contributed by atoms with E-state index in [2.05, 4.69) is 45.1 Å². The Morgan fingerprint density at radius 1 is 0.867 bits per heavy atom. The van der Waals surface area contributed by atoms with E-state index >= 15 is 0 Å². The first kappa shape index (κ1) is 19.7. The molecule has 5 nitrogen and oxygen atoms in total. The highest BCUT2D eigenvalue weighted by Crippen LogP contribution is 2.27. The highest BCUT2D eigenvalue weighted by Gasteiger charge is 2.15. The molecular weight excluding hydrogens is 390 g/mol. The first-order chi connectivity index (χ1) is 14.7. The third kappa shape index (κ3) is 4.70. The summed E-state index contributed by atoms with van der Waals surface area (Å²) in [5.41, 5.74) is 10.7. The van der Waals surface area contributed by atoms with E-state index in [9.17, 15) is 0 Å². The van der Waals surface area contributed by atoms with E-state index in [4.69, 9.17) is 11.0 Å². The minimum absolute atomic E-state index is 0.667. The number of nitrogen functional groups attached to an aromatic ring is 1. The Labute approximate surface area is 180 Å². The molecule has 3 aromatic carbocycles. The zero-order chi connectivity index (χ0) is 20.8. The van der Waals surface area contributed by atoms with Crippen LogP contribution in [0.15, 0.2) is 84.0 Å². The van der Waals surface area contributed by atoms with Crippen molar-refractivity contribution in [2.45, 2.75) is 23.9 Å². The van der Waals surface area contributed by atoms with Gasteiger partial charge in [0.2, 0.25) is 0 Å². The SMILES string of the molecule is N#Cc1ccc(CSc2nnc(-c3ccc(N)cc3)n2CCc2ccccc2)cc1. The van der Waals surface area contributed by atoms with Crippen molar-refractivity contribution in [2.24, 2.45) is 0 Å². The van der Waals surface area contributed by atoms with Gasteiger partial charge in [-0.15, -0.1) is 10.2 Å². The Morgan fingerprint density at radius 3 is 2.30 bits per heavy atom. The standard InChI is InChI=1S/C24H21N5S/c25-16-19-6-8-20(9-7-19)17-30-24-28-27-23(21-10-12-22(26)13-11-21)29(24)15-14-18-4-2-1-3-5-18/h1-13H,14-15,17,26H2. The third-order valence-corrected chi connectivity index (χ3v) is 5.84. The Kier molecular flexibility index (Phi) is 6.11. The monoisotopic (exact) mass is 411 g/mol. The molecule has 30 heavy (non-hydrogen) atoms. The van der Waals surface area contributed by atoms with Gasteiger partial charge in [-0.1, -0.05) is 54.2 Å². The fraction of sp³-hybridized carbons (Fsp3) is 0.125. The summed E-state index contributed by atoms with van der Waals surface area (Å²) in [5, 5.41) is 18.8. The lowest BCUT2D eigenvalue weighted by Crippen LogP contribution is -2.05. The Bertz CT molecular complexity index is 1140. The summed E-state index contributed by atoms with van der Waals surface area (Å²) in [6.07, 6.45) is 0.894. The van der Waals surface area contributed by atoms with Crippen LogP contribution in [-0.4, -0.2) is 14.8 Å². The average molecular weight is 412 g/mol. The van der Waals surface area contributed by atoms with Gasteiger partial charge in [-0.2, -0.15) is 5.26 Å². The zero-order valence-electron chi connectivity index (χ0n) is 16.4. The normalized spacial score (nSPS) is 10.6. The molecule has 4 rings (SSSR count).